The minimum Gasteiger partial charge on any atom is -0.461 e. The van der Waals surface area contributed by atoms with Crippen molar-refractivity contribution in [3.05, 3.63) is 11.1 Å². The summed E-state index contributed by atoms with van der Waals surface area (Å²) in [6.45, 7) is 7.70. The molecule has 0 spiro atoms. The van der Waals surface area contributed by atoms with E-state index in [4.69, 9.17) is 4.74 Å². The summed E-state index contributed by atoms with van der Waals surface area (Å²) in [5.74, 6) is -0.240. The molecule has 0 aromatic carbocycles. The highest BCUT2D eigenvalue weighted by atomic mass is 16.5. The van der Waals surface area contributed by atoms with Crippen LogP contribution < -0.4 is 0 Å². The molecule has 0 bridgehead atoms. The summed E-state index contributed by atoms with van der Waals surface area (Å²) < 4.78 is 5.63. The Kier molecular flexibility index (Phi) is 2.80. The molecule has 0 amide bonds. The van der Waals surface area contributed by atoms with Gasteiger partial charge in [0.15, 0.2) is 0 Å². The van der Waals surface area contributed by atoms with Gasteiger partial charge in [0, 0.05) is 23.8 Å². The van der Waals surface area contributed by atoms with E-state index in [0.717, 1.165) is 31.0 Å². The zero-order valence-corrected chi connectivity index (χ0v) is 13.1. The van der Waals surface area contributed by atoms with Crippen LogP contribution in [0.3, 0.4) is 0 Å². The highest BCUT2D eigenvalue weighted by molar-refractivity contribution is 5.91. The van der Waals surface area contributed by atoms with E-state index in [1.165, 1.54) is 6.92 Å². The molecule has 0 N–H and O–H groups in total. The molecule has 0 aliphatic heterocycles. The molecule has 2 fully saturated rings. The van der Waals surface area contributed by atoms with Gasteiger partial charge in [0.05, 0.1) is 5.41 Å². The van der Waals surface area contributed by atoms with E-state index >= 15 is 0 Å². The van der Waals surface area contributed by atoms with E-state index in [1.54, 1.807) is 0 Å². The summed E-state index contributed by atoms with van der Waals surface area (Å²) in [4.78, 5) is 34.9. The molecule has 2 saturated carbocycles. The molecule has 4 atom stereocenters. The first kappa shape index (κ1) is 14.5. The van der Waals surface area contributed by atoms with Crippen molar-refractivity contribution in [2.45, 2.75) is 53.1 Å². The van der Waals surface area contributed by atoms with Crippen molar-refractivity contribution in [3.8, 4) is 0 Å². The average molecular weight is 290 g/mol. The van der Waals surface area contributed by atoms with Crippen molar-refractivity contribution >= 4 is 18.5 Å². The maximum Gasteiger partial charge on any atom is 0.302 e. The fraction of sp³-hybridized carbons (Fsp3) is 0.706. The largest absolute Gasteiger partial charge is 0.461 e. The molecule has 0 aromatic rings. The molecule has 3 rings (SSSR count). The van der Waals surface area contributed by atoms with Crippen LogP contribution in [0, 0.1) is 22.2 Å². The lowest BCUT2D eigenvalue weighted by Gasteiger charge is -2.38. The average Bonchev–Trinajstić information content (AvgIpc) is 2.88. The van der Waals surface area contributed by atoms with Crippen molar-refractivity contribution in [3.63, 3.8) is 0 Å². The second-order valence-electron chi connectivity index (χ2n) is 7.92. The molecule has 0 saturated heterocycles. The molecule has 0 heterocycles. The first-order chi connectivity index (χ1) is 9.71. The number of hydrogen-bond donors (Lipinski definition) is 0. The van der Waals surface area contributed by atoms with E-state index < -0.39 is 10.8 Å². The second kappa shape index (κ2) is 4.05. The molecular formula is C17H22O4. The normalized spacial score (nSPS) is 42.9. The van der Waals surface area contributed by atoms with Crippen LogP contribution in [0.15, 0.2) is 11.1 Å². The van der Waals surface area contributed by atoms with Crippen molar-refractivity contribution < 1.29 is 19.1 Å². The standard InChI is InChI=1S/C17H22O4/c1-10(20)21-14-12-6-15(2,3)5-11(12)13(7-18)17(9-19)8-16(14,17)4/h7,9,12,14H,5-6,8H2,1-4H3/t12?,14-,16-,17-/m0/s1. The van der Waals surface area contributed by atoms with E-state index in [2.05, 4.69) is 13.8 Å². The van der Waals surface area contributed by atoms with Gasteiger partial charge in [0.1, 0.15) is 18.7 Å². The second-order valence-corrected chi connectivity index (χ2v) is 7.92. The number of esters is 1. The smallest absolute Gasteiger partial charge is 0.302 e. The van der Waals surface area contributed by atoms with Crippen LogP contribution in [0.1, 0.15) is 47.0 Å². The van der Waals surface area contributed by atoms with Gasteiger partial charge in [-0.1, -0.05) is 26.3 Å². The number of fused-ring (bicyclic) bond motifs is 2. The first-order valence-corrected chi connectivity index (χ1v) is 7.53. The van der Waals surface area contributed by atoms with Gasteiger partial charge in [0.25, 0.3) is 0 Å². The van der Waals surface area contributed by atoms with Gasteiger partial charge in [-0.3, -0.25) is 9.59 Å². The third-order valence-corrected chi connectivity index (χ3v) is 5.86. The van der Waals surface area contributed by atoms with E-state index in [0.29, 0.717) is 12.0 Å². The third kappa shape index (κ3) is 1.71. The van der Waals surface area contributed by atoms with E-state index in [-0.39, 0.29) is 23.4 Å². The number of hydrogen-bond acceptors (Lipinski definition) is 4. The van der Waals surface area contributed by atoms with E-state index in [1.807, 2.05) is 6.92 Å². The molecule has 21 heavy (non-hydrogen) atoms. The summed E-state index contributed by atoms with van der Waals surface area (Å²) in [6.07, 6.45) is 3.78. The predicted octanol–water partition coefficient (Wildman–Crippen LogP) is 2.46. The third-order valence-electron chi connectivity index (χ3n) is 5.86. The van der Waals surface area contributed by atoms with Gasteiger partial charge in [-0.05, 0) is 24.7 Å². The van der Waals surface area contributed by atoms with Crippen LogP contribution >= 0.6 is 0 Å². The molecule has 1 unspecified atom stereocenters. The molecular weight excluding hydrogens is 268 g/mol. The molecule has 0 aromatic heterocycles. The van der Waals surface area contributed by atoms with Gasteiger partial charge < -0.3 is 9.53 Å². The number of carbonyl (C=O) groups excluding carboxylic acids is 3. The lowest BCUT2D eigenvalue weighted by molar-refractivity contribution is -0.154. The Morgan fingerprint density at radius 2 is 1.95 bits per heavy atom. The topological polar surface area (TPSA) is 60.4 Å². The molecule has 4 heteroatoms. The maximum absolute atomic E-state index is 11.7. The van der Waals surface area contributed by atoms with Crippen LogP contribution in [-0.4, -0.2) is 24.6 Å². The number of allylic oxidation sites excluding steroid dienone is 1. The Morgan fingerprint density at radius 1 is 1.29 bits per heavy atom. The van der Waals surface area contributed by atoms with Crippen molar-refractivity contribution in [1.82, 2.24) is 0 Å². The van der Waals surface area contributed by atoms with Gasteiger partial charge in [-0.2, -0.15) is 0 Å². The van der Waals surface area contributed by atoms with Crippen LogP contribution in [0.2, 0.25) is 0 Å². The number of carbonyl (C=O) groups is 3. The van der Waals surface area contributed by atoms with Crippen LogP contribution in [0.5, 0.6) is 0 Å². The molecule has 3 aliphatic carbocycles. The summed E-state index contributed by atoms with van der Waals surface area (Å²) in [6, 6.07) is 0. The highest BCUT2D eigenvalue weighted by Gasteiger charge is 2.76. The number of rotatable bonds is 3. The molecule has 4 nitrogen and oxygen atoms in total. The lowest BCUT2D eigenvalue weighted by Crippen LogP contribution is -2.42. The SMILES string of the molecule is CC(=O)O[C@H]1C2CC(C)(C)CC2=C(C=O)[C@@]2(C=O)C[C@@]12C. The van der Waals surface area contributed by atoms with Crippen LogP contribution in [0.25, 0.3) is 0 Å². The molecule has 3 aliphatic rings. The monoisotopic (exact) mass is 290 g/mol. The zero-order valence-electron chi connectivity index (χ0n) is 13.1. The van der Waals surface area contributed by atoms with Crippen molar-refractivity contribution in [2.24, 2.45) is 22.2 Å². The van der Waals surface area contributed by atoms with Crippen molar-refractivity contribution in [2.75, 3.05) is 0 Å². The quantitative estimate of drug-likeness (QED) is 0.592. The number of ether oxygens (including phenoxy) is 1. The highest BCUT2D eigenvalue weighted by Crippen LogP contribution is 2.75. The first-order valence-electron chi connectivity index (χ1n) is 7.53. The fourth-order valence-corrected chi connectivity index (χ4v) is 4.86. The van der Waals surface area contributed by atoms with Gasteiger partial charge in [-0.25, -0.2) is 0 Å². The van der Waals surface area contributed by atoms with Gasteiger partial charge >= 0.3 is 5.97 Å². The Hall–Kier alpha value is -1.45. The summed E-state index contributed by atoms with van der Waals surface area (Å²) in [5, 5.41) is 0. The van der Waals surface area contributed by atoms with Crippen LogP contribution in [-0.2, 0) is 19.1 Å². The van der Waals surface area contributed by atoms with Gasteiger partial charge in [-0.15, -0.1) is 0 Å². The predicted molar refractivity (Wildman–Crippen MR) is 76.4 cm³/mol. The fourth-order valence-electron chi connectivity index (χ4n) is 4.86. The summed E-state index contributed by atoms with van der Waals surface area (Å²) in [5.41, 5.74) is 0.623. The van der Waals surface area contributed by atoms with Crippen molar-refractivity contribution in [1.29, 1.82) is 0 Å². The van der Waals surface area contributed by atoms with Gasteiger partial charge in [0.2, 0.25) is 0 Å². The molecule has 114 valence electrons. The number of aldehydes is 2. The minimum absolute atomic E-state index is 0.0733. The van der Waals surface area contributed by atoms with E-state index in [9.17, 15) is 14.4 Å². The lowest BCUT2D eigenvalue weighted by atomic mass is 9.70. The van der Waals surface area contributed by atoms with Crippen LogP contribution in [0.4, 0.5) is 0 Å². The summed E-state index contributed by atoms with van der Waals surface area (Å²) >= 11 is 0. The Labute approximate surface area is 124 Å². The Balaban J connectivity index is 2.15. The Morgan fingerprint density at radius 3 is 2.48 bits per heavy atom. The minimum atomic E-state index is -0.735. The zero-order chi connectivity index (χ0) is 15.6. The molecule has 0 radical (unpaired) electrons. The Bertz CT molecular complexity index is 573. The summed E-state index contributed by atoms with van der Waals surface area (Å²) in [7, 11) is 0. The maximum atomic E-state index is 11.7.